The number of nitrogens with zero attached hydrogens (tertiary/aromatic N) is 3. The molecule has 0 saturated carbocycles. The maximum absolute atomic E-state index is 12.8. The molecule has 0 aliphatic heterocycles. The number of hydrogen-bond acceptors (Lipinski definition) is 14. The molecule has 22 nitrogen and oxygen atoms in total. The monoisotopic (exact) mass is 1490 g/mol. The molecular formula is C69H57F6N11O11S5. The Kier molecular flexibility index (Phi) is 21.3. The Bertz CT molecular complexity index is 5850. The number of H-pyrrole nitrogens is 3. The number of benzene rings is 9. The third-order valence-corrected chi connectivity index (χ3v) is 19.0. The molecule has 9 N–H and O–H groups in total. The van der Waals surface area contributed by atoms with Crippen molar-refractivity contribution in [1.29, 1.82) is 0 Å². The molecule has 0 saturated heterocycles. The average Bonchev–Trinajstić information content (AvgIpc) is 1.55. The molecule has 33 heteroatoms. The van der Waals surface area contributed by atoms with E-state index in [1.807, 2.05) is 54.6 Å². The lowest BCUT2D eigenvalue weighted by Crippen LogP contribution is -2.30. The summed E-state index contributed by atoms with van der Waals surface area (Å²) in [6.07, 6.45) is 12.7. The fourth-order valence-corrected chi connectivity index (χ4v) is 13.0. The number of sulfonamides is 5. The lowest BCUT2D eigenvalue weighted by atomic mass is 9.97. The van der Waals surface area contributed by atoms with Crippen LogP contribution in [0.5, 0.6) is 0 Å². The van der Waals surface area contributed by atoms with Crippen molar-refractivity contribution in [3.63, 3.8) is 0 Å². The summed E-state index contributed by atoms with van der Waals surface area (Å²) in [6.45, 7) is 1.52. The smallest absolute Gasteiger partial charge is 0.338 e. The van der Waals surface area contributed by atoms with E-state index < -0.39 is 61.1 Å². The van der Waals surface area contributed by atoms with Crippen LogP contribution in [0.2, 0.25) is 0 Å². The van der Waals surface area contributed by atoms with Crippen LogP contribution in [0.3, 0.4) is 0 Å². The van der Waals surface area contributed by atoms with Crippen molar-refractivity contribution in [3.8, 4) is 33.4 Å². The van der Waals surface area contributed by atoms with Gasteiger partial charge in [-0.2, -0.15) is 43.2 Å². The summed E-state index contributed by atoms with van der Waals surface area (Å²) in [4.78, 5) is 35.0. The van der Waals surface area contributed by atoms with Crippen LogP contribution < -0.4 is 24.0 Å². The number of alkyl halides is 6. The largest absolute Gasteiger partial charge is 0.516 e. The van der Waals surface area contributed by atoms with Crippen molar-refractivity contribution in [2.45, 2.75) is 22.8 Å². The second-order valence-corrected chi connectivity index (χ2v) is 30.8. The topological polar surface area (TPSA) is 348 Å². The standard InChI is InChI=1S/C24H18F3N3O3S.C23H19F3N4O4S2.C22H20N4O4S2/c1-15(31)19-4-2-3-5-20(19)17-9-12-21-22(14-17)29-23(28-21)13-8-16-6-10-18(11-7-16)30-34(32,33)24(25,26)27;1-35(31,32)29-17-10-6-15(7-11-17)8-13-22-27-20-12-9-16(14-21(20)28-22)18-4-2-3-5-19(18)30-36(33,34)23(24,25)26;1-31(27,28)26-17-10-6-15(7-11-17)8-13-22-24-19-12-9-16(14-20(19)25-22)18-4-2-3-5-21(18)32(23,29)30/h2-14,30H,1H3,(H,28,29);2-14,29-30H,1H3,(H,27,28);2-14,26H,1H3,(H,24,25)(H2,23,29,30)/b3*13-8+. The number of ketones is 1. The van der Waals surface area contributed by atoms with E-state index in [2.05, 4.69) is 39.3 Å². The summed E-state index contributed by atoms with van der Waals surface area (Å²) in [5.74, 6) is 1.65. The van der Waals surface area contributed by atoms with Crippen LogP contribution in [0.1, 0.15) is 51.4 Å². The number of imidazole rings is 3. The highest BCUT2D eigenvalue weighted by Gasteiger charge is 2.47. The third kappa shape index (κ3) is 19.0. The van der Waals surface area contributed by atoms with Crippen LogP contribution in [0, 0.1) is 0 Å². The second kappa shape index (κ2) is 29.5. The van der Waals surface area contributed by atoms with E-state index in [0.717, 1.165) is 56.8 Å². The number of nitrogens with two attached hydrogens (primary N) is 1. The fourth-order valence-electron chi connectivity index (χ4n) is 10.0. The Morgan fingerprint density at radius 3 is 1.12 bits per heavy atom. The van der Waals surface area contributed by atoms with Crippen molar-refractivity contribution < 1.29 is 73.2 Å². The number of fused-ring (bicyclic) bond motifs is 3. The highest BCUT2D eigenvalue weighted by Crippen LogP contribution is 2.35. The number of aromatic amines is 3. The van der Waals surface area contributed by atoms with Gasteiger partial charge in [-0.25, -0.2) is 45.3 Å². The molecule has 526 valence electrons. The van der Waals surface area contributed by atoms with E-state index in [1.165, 1.54) is 60.2 Å². The van der Waals surface area contributed by atoms with Gasteiger partial charge in [-0.3, -0.25) is 23.7 Å². The minimum absolute atomic E-state index is 0.0267. The Morgan fingerprint density at radius 1 is 0.402 bits per heavy atom. The highest BCUT2D eigenvalue weighted by molar-refractivity contribution is 7.94. The number of halogens is 6. The predicted molar refractivity (Wildman–Crippen MR) is 386 cm³/mol. The lowest BCUT2D eigenvalue weighted by Gasteiger charge is -2.14. The molecule has 3 heterocycles. The maximum Gasteiger partial charge on any atom is 0.516 e. The van der Waals surface area contributed by atoms with Crippen molar-refractivity contribution in [3.05, 3.63) is 240 Å². The van der Waals surface area contributed by atoms with Gasteiger partial charge >= 0.3 is 31.1 Å². The summed E-state index contributed by atoms with van der Waals surface area (Å²) in [6, 6.07) is 54.8. The molecule has 0 unspecified atom stereocenters. The van der Waals surface area contributed by atoms with Gasteiger partial charge < -0.3 is 15.0 Å². The molecule has 12 aromatic rings. The van der Waals surface area contributed by atoms with Gasteiger partial charge in [0.25, 0.3) is 0 Å². The fraction of sp³-hybridized carbons (Fsp3) is 0.0725. The van der Waals surface area contributed by atoms with Crippen LogP contribution in [-0.4, -0.2) is 101 Å². The van der Waals surface area contributed by atoms with E-state index in [-0.39, 0.29) is 27.6 Å². The minimum atomic E-state index is -5.58. The first kappa shape index (κ1) is 73.5. The molecule has 9 aromatic carbocycles. The van der Waals surface area contributed by atoms with E-state index >= 15 is 0 Å². The van der Waals surface area contributed by atoms with Gasteiger partial charge in [-0.1, -0.05) is 133 Å². The normalized spacial score (nSPS) is 12.5. The zero-order chi connectivity index (χ0) is 73.6. The van der Waals surface area contributed by atoms with Crippen LogP contribution >= 0.6 is 0 Å². The number of rotatable bonds is 19. The molecule has 0 fully saturated rings. The quantitative estimate of drug-likeness (QED) is 0.0276. The third-order valence-electron chi connectivity index (χ3n) is 14.6. The van der Waals surface area contributed by atoms with Gasteiger partial charge in [0.05, 0.1) is 56.2 Å². The number of Topliss-reactive ketones (excluding diaryl/α,β-unsaturated/α-hetero) is 1. The molecule has 0 radical (unpaired) electrons. The Morgan fingerprint density at radius 2 is 0.735 bits per heavy atom. The SMILES string of the molecule is CC(=O)c1ccccc1-c1ccc2nc(/C=C/c3ccc(NS(=O)(=O)C(F)(F)F)cc3)[nH]c2c1.CS(=O)(=O)Nc1ccc(/C=C/c2nc3ccc(-c4ccccc4NS(=O)(=O)C(F)(F)F)cc3[nH]2)cc1.CS(=O)(=O)Nc1ccc(/C=C/c2nc3ccc(-c4ccccc4S(N)(=O)=O)cc3[nH]2)cc1. The number of anilines is 4. The van der Waals surface area contributed by atoms with Gasteiger partial charge in [0.2, 0.25) is 30.1 Å². The van der Waals surface area contributed by atoms with Gasteiger partial charge in [0, 0.05) is 33.8 Å². The molecule has 0 spiro atoms. The minimum Gasteiger partial charge on any atom is -0.338 e. The van der Waals surface area contributed by atoms with E-state index in [1.54, 1.807) is 138 Å². The number of aromatic nitrogens is 6. The van der Waals surface area contributed by atoms with Crippen LogP contribution in [-0.2, 0) is 50.1 Å². The maximum atomic E-state index is 12.8. The molecular weight excluding hydrogens is 1430 g/mol. The Labute approximate surface area is 580 Å². The van der Waals surface area contributed by atoms with Crippen molar-refractivity contribution in [2.24, 2.45) is 5.14 Å². The second-order valence-electron chi connectivity index (χ2n) is 22.5. The van der Waals surface area contributed by atoms with E-state index in [4.69, 9.17) is 5.14 Å². The summed E-state index contributed by atoms with van der Waals surface area (Å²) in [5.41, 5.74) is 0.429. The lowest BCUT2D eigenvalue weighted by molar-refractivity contribution is -0.0435. The van der Waals surface area contributed by atoms with Crippen LogP contribution in [0.25, 0.3) is 103 Å². The summed E-state index contributed by atoms with van der Waals surface area (Å²) in [7, 11) is -21.6. The number of carbonyl (C=O) groups is 1. The molecule has 102 heavy (non-hydrogen) atoms. The molecule has 0 aliphatic carbocycles. The van der Waals surface area contributed by atoms with Crippen LogP contribution in [0.15, 0.2) is 205 Å². The summed E-state index contributed by atoms with van der Waals surface area (Å²) >= 11 is 0. The number of carbonyl (C=O) groups excluding carboxylic acids is 1. The zero-order valence-electron chi connectivity index (χ0n) is 53.2. The molecule has 0 bridgehead atoms. The average molecular weight is 1490 g/mol. The molecule has 0 aliphatic rings. The number of primary sulfonamides is 1. The van der Waals surface area contributed by atoms with Gasteiger partial charge in [-0.05, 0) is 149 Å². The van der Waals surface area contributed by atoms with Crippen molar-refractivity contribution >= 4 is 148 Å². The van der Waals surface area contributed by atoms with Crippen molar-refractivity contribution in [1.82, 2.24) is 29.9 Å². The van der Waals surface area contributed by atoms with Gasteiger partial charge in [0.1, 0.15) is 17.5 Å². The molecule has 3 aromatic heterocycles. The first-order chi connectivity index (χ1) is 47.9. The van der Waals surface area contributed by atoms with Crippen LogP contribution in [0.4, 0.5) is 49.1 Å². The Hall–Kier alpha value is -11.2. The number of nitrogens with one attached hydrogen (secondary N) is 7. The number of para-hydroxylation sites is 1. The number of hydrogen-bond donors (Lipinski definition) is 8. The van der Waals surface area contributed by atoms with Gasteiger partial charge in [0.15, 0.2) is 5.78 Å². The first-order valence-corrected chi connectivity index (χ1v) is 38.0. The molecule has 0 amide bonds. The summed E-state index contributed by atoms with van der Waals surface area (Å²) in [5, 5.41) is 5.36. The zero-order valence-corrected chi connectivity index (χ0v) is 57.3. The summed E-state index contributed by atoms with van der Waals surface area (Å²) < 4.78 is 198. The predicted octanol–water partition coefficient (Wildman–Crippen LogP) is 14.3. The van der Waals surface area contributed by atoms with E-state index in [9.17, 15) is 73.2 Å². The highest BCUT2D eigenvalue weighted by atomic mass is 32.2. The first-order valence-electron chi connectivity index (χ1n) is 29.7. The Balaban J connectivity index is 0.000000165. The molecule has 0 atom stereocenters. The molecule has 12 rings (SSSR count). The van der Waals surface area contributed by atoms with E-state index in [0.29, 0.717) is 67.7 Å². The van der Waals surface area contributed by atoms with Gasteiger partial charge in [-0.15, -0.1) is 0 Å². The van der Waals surface area contributed by atoms with Crippen molar-refractivity contribution in [2.75, 3.05) is 31.4 Å².